The molecule has 0 aromatic heterocycles. The number of amides is 1. The number of aliphatic hydroxyl groups excluding tert-OH is 1. The van der Waals surface area contributed by atoms with E-state index in [0.29, 0.717) is 69.1 Å². The van der Waals surface area contributed by atoms with Crippen LogP contribution in [-0.4, -0.2) is 132 Å². The molecule has 3 aliphatic heterocycles. The zero-order chi connectivity index (χ0) is 54.3. The molecule has 4 aliphatic rings. The van der Waals surface area contributed by atoms with Gasteiger partial charge in [-0.1, -0.05) is 89.3 Å². The topological polar surface area (TPSA) is 194 Å². The molecular formula is C58H83NO14S. The van der Waals surface area contributed by atoms with Gasteiger partial charge in [0, 0.05) is 70.7 Å². The molecule has 1 amide bonds. The predicted molar refractivity (Wildman–Crippen MR) is 284 cm³/mol. The molecule has 3 fully saturated rings. The largest absolute Gasteiger partial charge is 0.460 e. The number of para-hydroxylation sites is 1. The van der Waals surface area contributed by atoms with Crippen LogP contribution < -0.4 is 4.74 Å². The molecule has 5 rings (SSSR count). The minimum atomic E-state index is -2.45. The maximum atomic E-state index is 14.6. The minimum Gasteiger partial charge on any atom is -0.460 e. The lowest BCUT2D eigenvalue weighted by molar-refractivity contribution is -0.265. The predicted octanol–water partition coefficient (Wildman–Crippen LogP) is 8.57. The van der Waals surface area contributed by atoms with Gasteiger partial charge in [0.1, 0.15) is 42.0 Å². The first-order valence-corrected chi connectivity index (χ1v) is 27.0. The van der Waals surface area contributed by atoms with Gasteiger partial charge in [-0.25, -0.2) is 4.79 Å². The smallest absolute Gasteiger partial charge is 0.358 e. The van der Waals surface area contributed by atoms with Crippen LogP contribution in [0.2, 0.25) is 0 Å². The number of piperidine rings is 1. The zero-order valence-electron chi connectivity index (χ0n) is 45.3. The number of methoxy groups -OCH3 is 3. The SMILES string of the molecule is CO[C@H]1C[C@@H]2CC[C@@H](C)[C@@](O)(O2)C(=O)C(=O)N2CCCC[C@H]2C(=O)O[C@H]([C@H](C)C[C@@H]2CC[C@@H](OC(=S)Oc3ccccc3)[C@H](OC)C2)CC(=O)[C@H](C)/C=C(\C)[C@@H](O)[C@@H](OC)C(=O)[C@H](C)C[C@H](C)/C=C/C=CC=C1C. The van der Waals surface area contributed by atoms with E-state index in [4.69, 9.17) is 45.4 Å². The second kappa shape index (κ2) is 28.6. The molecule has 1 aromatic rings. The van der Waals surface area contributed by atoms with Crippen LogP contribution in [0.1, 0.15) is 126 Å². The second-order valence-corrected chi connectivity index (χ2v) is 21.7. The Morgan fingerprint density at radius 2 is 1.58 bits per heavy atom. The highest BCUT2D eigenvalue weighted by Crippen LogP contribution is 2.38. The maximum Gasteiger partial charge on any atom is 0.358 e. The molecule has 2 saturated heterocycles. The summed E-state index contributed by atoms with van der Waals surface area (Å²) in [6.45, 7) is 12.8. The molecule has 15 atom stereocenters. The van der Waals surface area contributed by atoms with Crippen LogP contribution in [0.3, 0.4) is 0 Å². The lowest BCUT2D eigenvalue weighted by Crippen LogP contribution is -2.61. The van der Waals surface area contributed by atoms with E-state index in [-0.39, 0.29) is 66.2 Å². The van der Waals surface area contributed by atoms with Crippen molar-refractivity contribution in [1.82, 2.24) is 4.90 Å². The van der Waals surface area contributed by atoms with Crippen LogP contribution in [0.4, 0.5) is 0 Å². The number of esters is 1. The Bertz CT molecular complexity index is 2190. The third-order valence-corrected chi connectivity index (χ3v) is 15.8. The fraction of sp³-hybridized carbons (Fsp3) is 0.655. The summed E-state index contributed by atoms with van der Waals surface area (Å²) < 4.78 is 41.7. The molecule has 16 heteroatoms. The Balaban J connectivity index is 1.43. The van der Waals surface area contributed by atoms with E-state index in [9.17, 15) is 34.2 Å². The normalized spacial score (nSPS) is 35.6. The van der Waals surface area contributed by atoms with Crippen molar-refractivity contribution in [3.05, 3.63) is 77.9 Å². The number of fused-ring (bicyclic) bond motifs is 3. The monoisotopic (exact) mass is 1050 g/mol. The number of ether oxygens (including phenoxy) is 7. The van der Waals surface area contributed by atoms with E-state index in [2.05, 4.69) is 0 Å². The molecule has 1 aromatic carbocycles. The van der Waals surface area contributed by atoms with Gasteiger partial charge in [0.05, 0.1) is 18.3 Å². The summed E-state index contributed by atoms with van der Waals surface area (Å²) >= 11 is 5.44. The first kappa shape index (κ1) is 60.4. The molecule has 0 radical (unpaired) electrons. The molecule has 0 unspecified atom stereocenters. The van der Waals surface area contributed by atoms with Crippen LogP contribution in [0.25, 0.3) is 0 Å². The fourth-order valence-corrected chi connectivity index (χ4v) is 11.2. The zero-order valence-corrected chi connectivity index (χ0v) is 46.1. The molecule has 2 bridgehead atoms. The third-order valence-electron chi connectivity index (χ3n) is 15.6. The highest BCUT2D eigenvalue weighted by atomic mass is 32.1. The fourth-order valence-electron chi connectivity index (χ4n) is 11.0. The molecular weight excluding hydrogens is 967 g/mol. The number of allylic oxidation sites excluding steroid dienone is 6. The first-order chi connectivity index (χ1) is 35.2. The molecule has 74 heavy (non-hydrogen) atoms. The van der Waals surface area contributed by atoms with Crippen molar-refractivity contribution in [3.63, 3.8) is 0 Å². The van der Waals surface area contributed by atoms with Gasteiger partial charge in [-0.2, -0.15) is 0 Å². The number of rotatable bonds is 8. The summed E-state index contributed by atoms with van der Waals surface area (Å²) in [6.07, 6.45) is 11.3. The summed E-state index contributed by atoms with van der Waals surface area (Å²) in [7, 11) is 4.57. The number of aliphatic hydroxyl groups is 2. The average molecular weight is 1050 g/mol. The van der Waals surface area contributed by atoms with Gasteiger partial charge in [-0.05, 0) is 119 Å². The molecule has 3 heterocycles. The van der Waals surface area contributed by atoms with Crippen LogP contribution in [0, 0.1) is 35.5 Å². The molecule has 15 nitrogen and oxygen atoms in total. The van der Waals surface area contributed by atoms with E-state index in [1.165, 1.54) is 12.0 Å². The van der Waals surface area contributed by atoms with Gasteiger partial charge in [0.25, 0.3) is 11.7 Å². The summed E-state index contributed by atoms with van der Waals surface area (Å²) in [5.41, 5.74) is 1.25. The lowest BCUT2D eigenvalue weighted by Gasteiger charge is -2.42. The number of cyclic esters (lactones) is 1. The van der Waals surface area contributed by atoms with Gasteiger partial charge in [0.2, 0.25) is 5.79 Å². The Hall–Kier alpha value is -4.42. The molecule has 1 aliphatic carbocycles. The third kappa shape index (κ3) is 16.3. The van der Waals surface area contributed by atoms with Gasteiger partial charge in [0.15, 0.2) is 5.78 Å². The first-order valence-electron chi connectivity index (χ1n) is 26.6. The molecule has 1 saturated carbocycles. The van der Waals surface area contributed by atoms with Gasteiger partial charge in [-0.3, -0.25) is 19.2 Å². The summed E-state index contributed by atoms with van der Waals surface area (Å²) in [5.74, 6) is -7.60. The second-order valence-electron chi connectivity index (χ2n) is 21.3. The summed E-state index contributed by atoms with van der Waals surface area (Å²) in [6, 6.07) is 7.96. The van der Waals surface area contributed by atoms with Crippen LogP contribution in [0.5, 0.6) is 5.75 Å². The number of carbonyl (C=O) groups is 5. The van der Waals surface area contributed by atoms with E-state index in [1.54, 1.807) is 53.2 Å². The number of carbonyl (C=O) groups excluding carboxylic acids is 5. The van der Waals surface area contributed by atoms with E-state index < -0.39 is 77.8 Å². The molecule has 410 valence electrons. The lowest BCUT2D eigenvalue weighted by atomic mass is 9.78. The minimum absolute atomic E-state index is 0.00786. The number of thiocarbonyl (C=S) groups is 1. The van der Waals surface area contributed by atoms with Crippen LogP contribution in [-0.2, 0) is 52.4 Å². The van der Waals surface area contributed by atoms with Crippen molar-refractivity contribution in [3.8, 4) is 5.75 Å². The van der Waals surface area contributed by atoms with Crippen molar-refractivity contribution in [1.29, 1.82) is 0 Å². The van der Waals surface area contributed by atoms with Gasteiger partial charge >= 0.3 is 11.2 Å². The standard InChI is InChI=1S/C58H83NO14S/c1-35-19-13-11-14-20-36(2)48(67-8)33-44-26-24-41(7)58(66,73-44)54(63)55(64)59-28-18-17-23-45(59)56(65)71-49(34-46(60)37(3)30-40(6)52(62)53(69-10)51(61)39(5)29-35)38(4)31-42-25-27-47(50(32-42)68-9)72-57(74)70-43-21-15-12-16-22-43/h11-16,19-22,30,35,37-39,41-42,44-45,47-50,52-53,62,66H,17-18,23-29,31-34H2,1-10H3/b14-11?,19-13+,36-20?,40-30+/t35-,37-,38-,39-,41-,42+,44+,45+,47-,48+,49+,50-,52-,53+,58-/m1/s1. The van der Waals surface area contributed by atoms with Crippen molar-refractivity contribution < 1.29 is 67.3 Å². The number of hydrogen-bond donors (Lipinski definition) is 2. The van der Waals surface area contributed by atoms with Crippen LogP contribution in [0.15, 0.2) is 77.9 Å². The average Bonchev–Trinajstić information content (AvgIpc) is 3.38. The number of nitrogens with zero attached hydrogens (tertiary/aromatic N) is 1. The number of benzene rings is 1. The number of hydrogen-bond acceptors (Lipinski definition) is 15. The summed E-state index contributed by atoms with van der Waals surface area (Å²) in [5, 5.41) is 23.6. The highest BCUT2D eigenvalue weighted by Gasteiger charge is 2.53. The van der Waals surface area contributed by atoms with Crippen molar-refractivity contribution in [2.45, 2.75) is 180 Å². The van der Waals surface area contributed by atoms with Crippen LogP contribution >= 0.6 is 12.2 Å². The number of ketones is 3. The van der Waals surface area contributed by atoms with E-state index >= 15 is 0 Å². The summed E-state index contributed by atoms with van der Waals surface area (Å²) in [4.78, 5) is 72.6. The van der Waals surface area contributed by atoms with E-state index in [1.807, 2.05) is 76.3 Å². The maximum absolute atomic E-state index is 14.6. The van der Waals surface area contributed by atoms with Crippen molar-refractivity contribution in [2.24, 2.45) is 35.5 Å². The van der Waals surface area contributed by atoms with Gasteiger partial charge in [-0.15, -0.1) is 0 Å². The quantitative estimate of drug-likeness (QED) is 0.109. The molecule has 0 spiro atoms. The Kier molecular flexibility index (Phi) is 23.4. The Morgan fingerprint density at radius 1 is 0.851 bits per heavy atom. The van der Waals surface area contributed by atoms with E-state index in [0.717, 1.165) is 12.0 Å². The highest BCUT2D eigenvalue weighted by molar-refractivity contribution is 7.79. The Labute approximate surface area is 444 Å². The Morgan fingerprint density at radius 3 is 2.27 bits per heavy atom. The molecule has 2 N–H and O–H groups in total. The van der Waals surface area contributed by atoms with Gasteiger partial charge < -0.3 is 48.3 Å². The number of Topliss-reactive ketones (excluding diaryl/α,β-unsaturated/α-hetero) is 3. The van der Waals surface area contributed by atoms with Crippen molar-refractivity contribution in [2.75, 3.05) is 27.9 Å². The van der Waals surface area contributed by atoms with Crippen molar-refractivity contribution >= 4 is 46.7 Å².